The van der Waals surface area contributed by atoms with Crippen molar-refractivity contribution in [2.24, 2.45) is 11.7 Å². The van der Waals surface area contributed by atoms with E-state index in [2.05, 4.69) is 11.9 Å². The Morgan fingerprint density at radius 3 is 2.76 bits per heavy atom. The van der Waals surface area contributed by atoms with Crippen LogP contribution in [0, 0.1) is 5.92 Å². The van der Waals surface area contributed by atoms with E-state index in [4.69, 9.17) is 10.5 Å². The summed E-state index contributed by atoms with van der Waals surface area (Å²) in [5.41, 5.74) is 5.52. The van der Waals surface area contributed by atoms with Crippen LogP contribution in [-0.4, -0.2) is 43.2 Å². The Hall–Kier alpha value is -0.610. The van der Waals surface area contributed by atoms with Gasteiger partial charge in [0.2, 0.25) is 0 Å². The molecule has 4 heteroatoms. The summed E-state index contributed by atoms with van der Waals surface area (Å²) in [6.07, 6.45) is 6.54. The van der Waals surface area contributed by atoms with Crippen LogP contribution < -0.4 is 5.73 Å². The number of nitrogens with zero attached hydrogens (tertiary/aromatic N) is 1. The second kappa shape index (κ2) is 4.94. The third kappa shape index (κ3) is 2.63. The van der Waals surface area contributed by atoms with Gasteiger partial charge in [0, 0.05) is 6.04 Å². The molecule has 2 fully saturated rings. The third-order valence-electron chi connectivity index (χ3n) is 4.44. The van der Waals surface area contributed by atoms with Gasteiger partial charge < -0.3 is 15.4 Å². The molecule has 0 aromatic rings. The SMILES string of the molecule is COC(=O)C1(N)CCCC1CCN(C)C1CC1. The van der Waals surface area contributed by atoms with Crippen LogP contribution in [0.3, 0.4) is 0 Å². The van der Waals surface area contributed by atoms with Crippen molar-refractivity contribution in [3.05, 3.63) is 0 Å². The van der Waals surface area contributed by atoms with Gasteiger partial charge in [-0.25, -0.2) is 0 Å². The van der Waals surface area contributed by atoms with Crippen LogP contribution in [0.25, 0.3) is 0 Å². The summed E-state index contributed by atoms with van der Waals surface area (Å²) in [6.45, 7) is 1.05. The lowest BCUT2D eigenvalue weighted by molar-refractivity contribution is -0.148. The summed E-state index contributed by atoms with van der Waals surface area (Å²) in [5.74, 6) is 0.0604. The molecule has 2 aliphatic rings. The summed E-state index contributed by atoms with van der Waals surface area (Å²) in [4.78, 5) is 14.2. The van der Waals surface area contributed by atoms with Gasteiger partial charge in [0.1, 0.15) is 5.54 Å². The standard InChI is InChI=1S/C13H24N2O2/c1-15(11-5-6-11)9-7-10-4-3-8-13(10,14)12(16)17-2/h10-11H,3-9,14H2,1-2H3. The lowest BCUT2D eigenvalue weighted by atomic mass is 9.85. The summed E-state index contributed by atoms with van der Waals surface area (Å²) in [6, 6.07) is 0.779. The number of ether oxygens (including phenoxy) is 1. The van der Waals surface area contributed by atoms with E-state index in [1.165, 1.54) is 20.0 Å². The summed E-state index contributed by atoms with van der Waals surface area (Å²) in [5, 5.41) is 0. The lowest BCUT2D eigenvalue weighted by Gasteiger charge is -2.29. The van der Waals surface area contributed by atoms with Gasteiger partial charge >= 0.3 is 5.97 Å². The second-order valence-corrected chi connectivity index (χ2v) is 5.62. The summed E-state index contributed by atoms with van der Waals surface area (Å²) in [7, 11) is 3.60. The van der Waals surface area contributed by atoms with E-state index in [1.54, 1.807) is 0 Å². The van der Waals surface area contributed by atoms with Crippen LogP contribution in [0.2, 0.25) is 0 Å². The Kier molecular flexibility index (Phi) is 3.73. The van der Waals surface area contributed by atoms with Gasteiger partial charge in [-0.2, -0.15) is 0 Å². The molecule has 2 N–H and O–H groups in total. The van der Waals surface area contributed by atoms with Crippen molar-refractivity contribution in [2.45, 2.75) is 50.1 Å². The Morgan fingerprint density at radius 2 is 2.18 bits per heavy atom. The zero-order valence-electron chi connectivity index (χ0n) is 10.9. The predicted octanol–water partition coefficient (Wildman–Crippen LogP) is 1.14. The maximum absolute atomic E-state index is 11.8. The minimum atomic E-state index is -0.723. The minimum Gasteiger partial charge on any atom is -0.468 e. The van der Waals surface area contributed by atoms with Gasteiger partial charge in [-0.1, -0.05) is 6.42 Å². The number of nitrogens with two attached hydrogens (primary N) is 1. The number of rotatable bonds is 5. The first-order valence-corrected chi connectivity index (χ1v) is 6.65. The number of methoxy groups -OCH3 is 1. The Balaban J connectivity index is 1.87. The first kappa shape index (κ1) is 12.8. The molecule has 0 spiro atoms. The number of hydrogen-bond donors (Lipinski definition) is 1. The molecule has 0 aliphatic heterocycles. The van der Waals surface area contributed by atoms with E-state index < -0.39 is 5.54 Å². The molecule has 2 aliphatic carbocycles. The fraction of sp³-hybridized carbons (Fsp3) is 0.923. The van der Waals surface area contributed by atoms with Crippen molar-refractivity contribution in [1.29, 1.82) is 0 Å². The van der Waals surface area contributed by atoms with Crippen LogP contribution >= 0.6 is 0 Å². The molecule has 2 saturated carbocycles. The van der Waals surface area contributed by atoms with Crippen molar-refractivity contribution in [3.8, 4) is 0 Å². The fourth-order valence-electron chi connectivity index (χ4n) is 3.02. The highest BCUT2D eigenvalue weighted by Crippen LogP contribution is 2.37. The molecule has 0 heterocycles. The first-order chi connectivity index (χ1) is 8.08. The highest BCUT2D eigenvalue weighted by molar-refractivity contribution is 5.81. The Bertz CT molecular complexity index is 291. The Morgan fingerprint density at radius 1 is 1.47 bits per heavy atom. The first-order valence-electron chi connectivity index (χ1n) is 6.65. The van der Waals surface area contributed by atoms with Crippen molar-refractivity contribution < 1.29 is 9.53 Å². The molecule has 0 bridgehead atoms. The predicted molar refractivity (Wildman–Crippen MR) is 66.5 cm³/mol. The third-order valence-corrected chi connectivity index (χ3v) is 4.44. The molecule has 0 saturated heterocycles. The average molecular weight is 240 g/mol. The molecule has 0 amide bonds. The molecule has 0 aromatic carbocycles. The molecule has 0 radical (unpaired) electrons. The number of hydrogen-bond acceptors (Lipinski definition) is 4. The van der Waals surface area contributed by atoms with Crippen molar-refractivity contribution in [2.75, 3.05) is 20.7 Å². The molecular weight excluding hydrogens is 216 g/mol. The molecule has 98 valence electrons. The van der Waals surface area contributed by atoms with E-state index in [0.29, 0.717) is 0 Å². The van der Waals surface area contributed by atoms with Crippen LogP contribution in [0.5, 0.6) is 0 Å². The normalized spacial score (nSPS) is 33.1. The average Bonchev–Trinajstić information content (AvgIpc) is 3.10. The summed E-state index contributed by atoms with van der Waals surface area (Å²) >= 11 is 0. The highest BCUT2D eigenvalue weighted by Gasteiger charge is 2.46. The van der Waals surface area contributed by atoms with Crippen LogP contribution in [-0.2, 0) is 9.53 Å². The van der Waals surface area contributed by atoms with Crippen LogP contribution in [0.15, 0.2) is 0 Å². The van der Waals surface area contributed by atoms with Gasteiger partial charge in [0.05, 0.1) is 7.11 Å². The fourth-order valence-corrected chi connectivity index (χ4v) is 3.02. The van der Waals surface area contributed by atoms with Gasteiger partial charge in [0.25, 0.3) is 0 Å². The molecule has 0 aromatic heterocycles. The number of esters is 1. The largest absolute Gasteiger partial charge is 0.468 e. The maximum atomic E-state index is 11.8. The molecule has 4 nitrogen and oxygen atoms in total. The Labute approximate surface area is 103 Å². The topological polar surface area (TPSA) is 55.6 Å². The molecule has 2 atom stereocenters. The second-order valence-electron chi connectivity index (χ2n) is 5.62. The van der Waals surface area contributed by atoms with Gasteiger partial charge in [-0.05, 0) is 51.6 Å². The zero-order valence-corrected chi connectivity index (χ0v) is 10.9. The zero-order chi connectivity index (χ0) is 12.5. The van der Waals surface area contributed by atoms with E-state index in [-0.39, 0.29) is 11.9 Å². The van der Waals surface area contributed by atoms with E-state index in [0.717, 1.165) is 38.3 Å². The molecular formula is C13H24N2O2. The van der Waals surface area contributed by atoms with Crippen molar-refractivity contribution in [1.82, 2.24) is 4.90 Å². The smallest absolute Gasteiger partial charge is 0.326 e. The quantitative estimate of drug-likeness (QED) is 0.732. The number of carbonyl (C=O) groups excluding carboxylic acids is 1. The van der Waals surface area contributed by atoms with Gasteiger partial charge in [-0.3, -0.25) is 4.79 Å². The van der Waals surface area contributed by atoms with Crippen LogP contribution in [0.4, 0.5) is 0 Å². The van der Waals surface area contributed by atoms with Crippen molar-refractivity contribution in [3.63, 3.8) is 0 Å². The summed E-state index contributed by atoms with van der Waals surface area (Å²) < 4.78 is 4.86. The molecule has 17 heavy (non-hydrogen) atoms. The van der Waals surface area contributed by atoms with E-state index >= 15 is 0 Å². The van der Waals surface area contributed by atoms with Gasteiger partial charge in [-0.15, -0.1) is 0 Å². The lowest BCUT2D eigenvalue weighted by Crippen LogP contribution is -2.52. The molecule has 2 rings (SSSR count). The monoisotopic (exact) mass is 240 g/mol. The highest BCUT2D eigenvalue weighted by atomic mass is 16.5. The van der Waals surface area contributed by atoms with Gasteiger partial charge in [0.15, 0.2) is 0 Å². The maximum Gasteiger partial charge on any atom is 0.326 e. The molecule has 2 unspecified atom stereocenters. The van der Waals surface area contributed by atoms with E-state index in [1.807, 2.05) is 0 Å². The van der Waals surface area contributed by atoms with Crippen LogP contribution in [0.1, 0.15) is 38.5 Å². The number of carbonyl (C=O) groups is 1. The van der Waals surface area contributed by atoms with E-state index in [9.17, 15) is 4.79 Å². The van der Waals surface area contributed by atoms with Crippen molar-refractivity contribution >= 4 is 5.97 Å². The minimum absolute atomic E-state index is 0.228.